The van der Waals surface area contributed by atoms with Gasteiger partial charge < -0.3 is 10.1 Å². The average molecular weight is 347 g/mol. The molecule has 0 amide bonds. The smallest absolute Gasteiger partial charge is 0.416 e. The summed E-state index contributed by atoms with van der Waals surface area (Å²) in [6.07, 6.45) is -2.31. The number of benzene rings is 2. The van der Waals surface area contributed by atoms with Crippen molar-refractivity contribution in [3.8, 4) is 5.75 Å². The van der Waals surface area contributed by atoms with Crippen molar-refractivity contribution in [3.05, 3.63) is 64.7 Å². The Hall–Kier alpha value is -2.01. The van der Waals surface area contributed by atoms with E-state index in [9.17, 15) is 13.2 Å². The van der Waals surface area contributed by atoms with Crippen molar-refractivity contribution in [1.29, 1.82) is 0 Å². The number of halogens is 3. The van der Waals surface area contributed by atoms with Crippen LogP contribution >= 0.6 is 0 Å². The molecule has 25 heavy (non-hydrogen) atoms. The Morgan fingerprint density at radius 2 is 1.72 bits per heavy atom. The van der Waals surface area contributed by atoms with Gasteiger partial charge in [0.05, 0.1) is 5.56 Å². The fourth-order valence-corrected chi connectivity index (χ4v) is 4.09. The van der Waals surface area contributed by atoms with Gasteiger partial charge in [0.15, 0.2) is 0 Å². The fourth-order valence-electron chi connectivity index (χ4n) is 4.09. The largest absolute Gasteiger partial charge is 0.489 e. The van der Waals surface area contributed by atoms with E-state index in [2.05, 4.69) is 11.4 Å². The second kappa shape index (κ2) is 6.37. The molecule has 0 aromatic heterocycles. The molecular weight excluding hydrogens is 327 g/mol. The Balaban J connectivity index is 1.83. The summed E-state index contributed by atoms with van der Waals surface area (Å²) in [6, 6.07) is 12.0. The maximum Gasteiger partial charge on any atom is 0.416 e. The molecule has 132 valence electrons. The Morgan fingerprint density at radius 1 is 0.960 bits per heavy atom. The lowest BCUT2D eigenvalue weighted by Crippen LogP contribution is -2.31. The molecule has 5 heteroatoms. The maximum atomic E-state index is 13.1. The first-order valence-corrected chi connectivity index (χ1v) is 8.66. The Labute approximate surface area is 145 Å². The van der Waals surface area contributed by atoms with Crippen LogP contribution in [0, 0.1) is 5.92 Å². The lowest BCUT2D eigenvalue weighted by atomic mass is 9.75. The highest BCUT2D eigenvalue weighted by Crippen LogP contribution is 2.45. The number of piperidine rings is 1. The molecule has 0 radical (unpaired) electrons. The normalized spacial score (nSPS) is 21.0. The minimum absolute atomic E-state index is 0.0816. The SMILES string of the molecule is FC(F)(F)c1ccc2c(c1)COc1ccccc1C2C1CCNCC1. The van der Waals surface area contributed by atoms with Crippen LogP contribution in [0.2, 0.25) is 0 Å². The number of hydrogen-bond donors (Lipinski definition) is 1. The number of ether oxygens (including phenoxy) is 1. The highest BCUT2D eigenvalue weighted by molar-refractivity contribution is 5.48. The van der Waals surface area contributed by atoms with E-state index in [4.69, 9.17) is 4.74 Å². The van der Waals surface area contributed by atoms with Gasteiger partial charge in [0.2, 0.25) is 0 Å². The van der Waals surface area contributed by atoms with Gasteiger partial charge in [-0.1, -0.05) is 24.3 Å². The number of nitrogens with one attached hydrogen (secondary N) is 1. The van der Waals surface area contributed by atoms with E-state index in [0.29, 0.717) is 11.5 Å². The molecule has 1 atom stereocenters. The van der Waals surface area contributed by atoms with E-state index in [1.165, 1.54) is 12.1 Å². The molecule has 1 N–H and O–H groups in total. The maximum absolute atomic E-state index is 13.1. The third-order valence-electron chi connectivity index (χ3n) is 5.30. The molecule has 2 nitrogen and oxygen atoms in total. The summed E-state index contributed by atoms with van der Waals surface area (Å²) in [5.41, 5.74) is 2.11. The van der Waals surface area contributed by atoms with Crippen molar-refractivity contribution in [2.45, 2.75) is 31.5 Å². The van der Waals surface area contributed by atoms with Gasteiger partial charge in [-0.05, 0) is 61.2 Å². The Kier molecular flexibility index (Phi) is 4.20. The van der Waals surface area contributed by atoms with Crippen molar-refractivity contribution in [3.63, 3.8) is 0 Å². The van der Waals surface area contributed by atoms with Gasteiger partial charge in [-0.3, -0.25) is 0 Å². The summed E-state index contributed by atoms with van der Waals surface area (Å²) >= 11 is 0. The van der Waals surface area contributed by atoms with Crippen LogP contribution < -0.4 is 10.1 Å². The predicted molar refractivity (Wildman–Crippen MR) is 89.7 cm³/mol. The van der Waals surface area contributed by atoms with Crippen molar-refractivity contribution in [1.82, 2.24) is 5.32 Å². The second-order valence-corrected chi connectivity index (χ2v) is 6.80. The van der Waals surface area contributed by atoms with Gasteiger partial charge in [0.1, 0.15) is 12.4 Å². The lowest BCUT2D eigenvalue weighted by Gasteiger charge is -2.32. The fraction of sp³-hybridized carbons (Fsp3) is 0.400. The summed E-state index contributed by atoms with van der Waals surface area (Å²) in [5, 5.41) is 3.37. The monoisotopic (exact) mass is 347 g/mol. The van der Waals surface area contributed by atoms with Crippen LogP contribution in [0.1, 0.15) is 41.0 Å². The van der Waals surface area contributed by atoms with Crippen LogP contribution in [-0.2, 0) is 12.8 Å². The summed E-state index contributed by atoms with van der Waals surface area (Å²) in [4.78, 5) is 0. The third kappa shape index (κ3) is 3.13. The highest BCUT2D eigenvalue weighted by atomic mass is 19.4. The number of alkyl halides is 3. The Morgan fingerprint density at radius 3 is 2.48 bits per heavy atom. The van der Waals surface area contributed by atoms with E-state index in [-0.39, 0.29) is 12.5 Å². The standard InChI is InChI=1S/C20H20F3NO/c21-20(22,23)15-5-6-16-14(11-15)12-25-18-4-2-1-3-17(18)19(16)13-7-9-24-10-8-13/h1-6,11,13,19,24H,7-10,12H2. The summed E-state index contributed by atoms with van der Waals surface area (Å²) in [7, 11) is 0. The Bertz CT molecular complexity index is 766. The molecule has 2 aromatic carbocycles. The summed E-state index contributed by atoms with van der Waals surface area (Å²) in [6.45, 7) is 2.07. The zero-order valence-corrected chi connectivity index (χ0v) is 13.8. The zero-order chi connectivity index (χ0) is 17.4. The number of para-hydroxylation sites is 1. The van der Waals surface area contributed by atoms with Crippen LogP contribution in [0.15, 0.2) is 42.5 Å². The van der Waals surface area contributed by atoms with Crippen LogP contribution in [0.3, 0.4) is 0 Å². The number of fused-ring (bicyclic) bond motifs is 2. The average Bonchev–Trinajstić information content (AvgIpc) is 2.78. The quantitative estimate of drug-likeness (QED) is 0.805. The molecule has 1 unspecified atom stereocenters. The van der Waals surface area contributed by atoms with Gasteiger partial charge in [-0.25, -0.2) is 0 Å². The lowest BCUT2D eigenvalue weighted by molar-refractivity contribution is -0.137. The van der Waals surface area contributed by atoms with Crippen LogP contribution in [0.25, 0.3) is 0 Å². The molecule has 0 bridgehead atoms. The van der Waals surface area contributed by atoms with Crippen molar-refractivity contribution < 1.29 is 17.9 Å². The van der Waals surface area contributed by atoms with Crippen molar-refractivity contribution in [2.75, 3.05) is 13.1 Å². The molecular formula is C20H20F3NO. The second-order valence-electron chi connectivity index (χ2n) is 6.80. The van der Waals surface area contributed by atoms with Gasteiger partial charge in [-0.2, -0.15) is 13.2 Å². The highest BCUT2D eigenvalue weighted by Gasteiger charge is 2.35. The van der Waals surface area contributed by atoms with E-state index in [0.717, 1.165) is 42.8 Å². The molecule has 0 saturated carbocycles. The molecule has 2 aliphatic heterocycles. The third-order valence-corrected chi connectivity index (χ3v) is 5.30. The van der Waals surface area contributed by atoms with Gasteiger partial charge in [-0.15, -0.1) is 0 Å². The topological polar surface area (TPSA) is 21.3 Å². The summed E-state index contributed by atoms with van der Waals surface area (Å²) in [5.74, 6) is 1.27. The molecule has 2 aliphatic rings. The van der Waals surface area contributed by atoms with Gasteiger partial charge in [0.25, 0.3) is 0 Å². The summed E-state index contributed by atoms with van der Waals surface area (Å²) < 4.78 is 45.3. The van der Waals surface area contributed by atoms with Crippen LogP contribution in [0.4, 0.5) is 13.2 Å². The molecule has 1 fully saturated rings. The zero-order valence-electron chi connectivity index (χ0n) is 13.8. The van der Waals surface area contributed by atoms with Gasteiger partial charge >= 0.3 is 6.18 Å². The van der Waals surface area contributed by atoms with Crippen LogP contribution in [0.5, 0.6) is 5.75 Å². The first kappa shape index (κ1) is 16.5. The molecule has 0 aliphatic carbocycles. The van der Waals surface area contributed by atoms with Crippen molar-refractivity contribution >= 4 is 0 Å². The first-order chi connectivity index (χ1) is 12.0. The number of rotatable bonds is 1. The van der Waals surface area contributed by atoms with Gasteiger partial charge in [0, 0.05) is 11.5 Å². The number of hydrogen-bond acceptors (Lipinski definition) is 2. The molecule has 1 saturated heterocycles. The minimum atomic E-state index is -4.33. The van der Waals surface area contributed by atoms with E-state index in [1.54, 1.807) is 6.07 Å². The van der Waals surface area contributed by atoms with Crippen LogP contribution in [-0.4, -0.2) is 13.1 Å². The van der Waals surface area contributed by atoms with Crippen molar-refractivity contribution in [2.24, 2.45) is 5.92 Å². The molecule has 2 heterocycles. The van der Waals surface area contributed by atoms with E-state index < -0.39 is 11.7 Å². The molecule has 2 aromatic rings. The van der Waals surface area contributed by atoms with E-state index in [1.807, 2.05) is 18.2 Å². The van der Waals surface area contributed by atoms with E-state index >= 15 is 0 Å². The first-order valence-electron chi connectivity index (χ1n) is 8.66. The molecule has 4 rings (SSSR count). The predicted octanol–water partition coefficient (Wildman–Crippen LogP) is 4.73. The minimum Gasteiger partial charge on any atom is -0.489 e. The molecule has 0 spiro atoms.